The third-order valence-electron chi connectivity index (χ3n) is 1.74. The van der Waals surface area contributed by atoms with Crippen LogP contribution in [0, 0.1) is 0 Å². The molecule has 0 radical (unpaired) electrons. The highest BCUT2D eigenvalue weighted by molar-refractivity contribution is 7.07. The van der Waals surface area contributed by atoms with E-state index in [1.165, 1.54) is 11.3 Å². The molecule has 0 aromatic carbocycles. The van der Waals surface area contributed by atoms with Crippen molar-refractivity contribution >= 4 is 17.4 Å². The summed E-state index contributed by atoms with van der Waals surface area (Å²) in [5, 5.41) is 4.54. The number of nitrogens with two attached hydrogens (primary N) is 1. The second kappa shape index (κ2) is 5.27. The number of nitrogens with one attached hydrogen (secondary N) is 1. The number of thiazole rings is 1. The number of alkyl carbamates (subject to hydrolysis) is 1. The first-order valence-corrected chi connectivity index (χ1v) is 5.94. The van der Waals surface area contributed by atoms with E-state index < -0.39 is 11.7 Å². The fraction of sp³-hybridized carbons (Fsp3) is 0.600. The summed E-state index contributed by atoms with van der Waals surface area (Å²) in [6.45, 7) is 5.73. The summed E-state index contributed by atoms with van der Waals surface area (Å²) in [7, 11) is 0. The molecule has 1 aromatic rings. The molecule has 16 heavy (non-hydrogen) atoms. The average Bonchev–Trinajstić information content (AvgIpc) is 2.63. The van der Waals surface area contributed by atoms with Gasteiger partial charge in [-0.3, -0.25) is 0 Å². The van der Waals surface area contributed by atoms with Gasteiger partial charge in [0.2, 0.25) is 0 Å². The van der Waals surface area contributed by atoms with E-state index in [0.29, 0.717) is 6.54 Å². The van der Waals surface area contributed by atoms with Crippen molar-refractivity contribution in [3.8, 4) is 0 Å². The van der Waals surface area contributed by atoms with E-state index in [1.807, 2.05) is 26.2 Å². The van der Waals surface area contributed by atoms with Crippen molar-refractivity contribution in [1.82, 2.24) is 10.3 Å². The highest BCUT2D eigenvalue weighted by Gasteiger charge is 2.20. The molecule has 0 fully saturated rings. The standard InChI is InChI=1S/C10H17N3O2S/c1-10(2,3)15-9(14)13-7(4-11)8-5-16-6-12-8/h5-7H,4,11H2,1-3H3,(H,13,14). The normalized spacial score (nSPS) is 13.2. The summed E-state index contributed by atoms with van der Waals surface area (Å²) in [6, 6.07) is -0.291. The zero-order chi connectivity index (χ0) is 12.2. The number of aromatic nitrogens is 1. The molecule has 1 amide bonds. The van der Waals surface area contributed by atoms with Crippen LogP contribution in [0.4, 0.5) is 4.79 Å². The molecule has 90 valence electrons. The topological polar surface area (TPSA) is 77.2 Å². The Morgan fingerprint density at radius 2 is 2.38 bits per heavy atom. The monoisotopic (exact) mass is 243 g/mol. The molecule has 5 nitrogen and oxygen atoms in total. The van der Waals surface area contributed by atoms with Crippen LogP contribution in [0.25, 0.3) is 0 Å². The Morgan fingerprint density at radius 1 is 1.69 bits per heavy atom. The summed E-state index contributed by atoms with van der Waals surface area (Å²) in [4.78, 5) is 15.6. The molecule has 1 atom stereocenters. The third kappa shape index (κ3) is 4.16. The summed E-state index contributed by atoms with van der Waals surface area (Å²) in [6.07, 6.45) is -0.476. The number of hydrogen-bond donors (Lipinski definition) is 2. The molecule has 0 saturated heterocycles. The van der Waals surface area contributed by atoms with Crippen LogP contribution in [-0.2, 0) is 4.74 Å². The first kappa shape index (κ1) is 12.9. The number of amides is 1. The van der Waals surface area contributed by atoms with Crippen LogP contribution in [0.2, 0.25) is 0 Å². The number of carbonyl (C=O) groups excluding carboxylic acids is 1. The van der Waals surface area contributed by atoms with Gasteiger partial charge in [-0.1, -0.05) is 0 Å². The van der Waals surface area contributed by atoms with Crippen LogP contribution in [0.15, 0.2) is 10.9 Å². The number of carbonyl (C=O) groups is 1. The van der Waals surface area contributed by atoms with Gasteiger partial charge in [-0.15, -0.1) is 11.3 Å². The Bertz CT molecular complexity index is 332. The van der Waals surface area contributed by atoms with E-state index >= 15 is 0 Å². The Kier molecular flexibility index (Phi) is 4.26. The Hall–Kier alpha value is -1.14. The Labute approximate surface area is 99.0 Å². The lowest BCUT2D eigenvalue weighted by Crippen LogP contribution is -2.37. The minimum atomic E-state index is -0.509. The predicted molar refractivity (Wildman–Crippen MR) is 63.3 cm³/mol. The van der Waals surface area contributed by atoms with E-state index in [1.54, 1.807) is 5.51 Å². The van der Waals surface area contributed by atoms with Crippen LogP contribution in [0.5, 0.6) is 0 Å². The van der Waals surface area contributed by atoms with Crippen molar-refractivity contribution in [2.75, 3.05) is 6.54 Å². The molecule has 6 heteroatoms. The van der Waals surface area contributed by atoms with Gasteiger partial charge in [0.05, 0.1) is 17.2 Å². The highest BCUT2D eigenvalue weighted by Crippen LogP contribution is 2.13. The molecule has 3 N–H and O–H groups in total. The Morgan fingerprint density at radius 3 is 2.81 bits per heavy atom. The molecule has 0 spiro atoms. The Balaban J connectivity index is 2.55. The minimum absolute atomic E-state index is 0.291. The predicted octanol–water partition coefficient (Wildman–Crippen LogP) is 1.67. The number of nitrogens with zero attached hydrogens (tertiary/aromatic N) is 1. The molecular weight excluding hydrogens is 226 g/mol. The second-order valence-electron chi connectivity index (χ2n) is 4.35. The van der Waals surface area contributed by atoms with Crippen LogP contribution in [-0.4, -0.2) is 23.2 Å². The molecule has 1 rings (SSSR count). The molecule has 1 aromatic heterocycles. The van der Waals surface area contributed by atoms with Crippen molar-refractivity contribution in [1.29, 1.82) is 0 Å². The second-order valence-corrected chi connectivity index (χ2v) is 5.07. The van der Waals surface area contributed by atoms with Gasteiger partial charge in [0.15, 0.2) is 0 Å². The SMILES string of the molecule is CC(C)(C)OC(=O)NC(CN)c1cscn1. The number of ether oxygens (including phenoxy) is 1. The summed E-state index contributed by atoms with van der Waals surface area (Å²) in [5.74, 6) is 0. The fourth-order valence-corrected chi connectivity index (χ4v) is 1.71. The first-order chi connectivity index (χ1) is 7.42. The van der Waals surface area contributed by atoms with Crippen LogP contribution in [0.1, 0.15) is 32.5 Å². The maximum absolute atomic E-state index is 11.5. The number of hydrogen-bond acceptors (Lipinski definition) is 5. The summed E-state index contributed by atoms with van der Waals surface area (Å²) in [5.41, 5.74) is 7.53. The molecule has 1 heterocycles. The van der Waals surface area contributed by atoms with Crippen molar-refractivity contribution in [2.45, 2.75) is 32.4 Å². The van der Waals surface area contributed by atoms with Gasteiger partial charge in [-0.05, 0) is 20.8 Å². The van der Waals surface area contributed by atoms with Gasteiger partial charge in [0.25, 0.3) is 0 Å². The van der Waals surface area contributed by atoms with E-state index in [-0.39, 0.29) is 6.04 Å². The zero-order valence-electron chi connectivity index (χ0n) is 9.69. The van der Waals surface area contributed by atoms with Crippen molar-refractivity contribution in [2.24, 2.45) is 5.73 Å². The van der Waals surface area contributed by atoms with Crippen molar-refractivity contribution in [3.63, 3.8) is 0 Å². The molecule has 0 aliphatic heterocycles. The molecule has 0 aliphatic rings. The van der Waals surface area contributed by atoms with Gasteiger partial charge >= 0.3 is 6.09 Å². The minimum Gasteiger partial charge on any atom is -0.444 e. The molecule has 1 unspecified atom stereocenters. The largest absolute Gasteiger partial charge is 0.444 e. The van der Waals surface area contributed by atoms with Crippen LogP contribution < -0.4 is 11.1 Å². The van der Waals surface area contributed by atoms with Crippen LogP contribution in [0.3, 0.4) is 0 Å². The third-order valence-corrected chi connectivity index (χ3v) is 2.34. The van der Waals surface area contributed by atoms with Gasteiger partial charge < -0.3 is 15.8 Å². The van der Waals surface area contributed by atoms with Gasteiger partial charge in [-0.2, -0.15) is 0 Å². The summed E-state index contributed by atoms with van der Waals surface area (Å²) < 4.78 is 5.14. The first-order valence-electron chi connectivity index (χ1n) is 5.00. The smallest absolute Gasteiger partial charge is 0.408 e. The van der Waals surface area contributed by atoms with Crippen molar-refractivity contribution in [3.05, 3.63) is 16.6 Å². The zero-order valence-corrected chi connectivity index (χ0v) is 10.5. The average molecular weight is 243 g/mol. The van der Waals surface area contributed by atoms with E-state index in [2.05, 4.69) is 10.3 Å². The lowest BCUT2D eigenvalue weighted by Gasteiger charge is -2.22. The van der Waals surface area contributed by atoms with Gasteiger partial charge in [0.1, 0.15) is 5.60 Å². The lowest BCUT2D eigenvalue weighted by atomic mass is 10.2. The summed E-state index contributed by atoms with van der Waals surface area (Å²) >= 11 is 1.46. The maximum atomic E-state index is 11.5. The van der Waals surface area contributed by atoms with E-state index in [9.17, 15) is 4.79 Å². The van der Waals surface area contributed by atoms with Gasteiger partial charge in [0, 0.05) is 11.9 Å². The van der Waals surface area contributed by atoms with E-state index in [0.717, 1.165) is 5.69 Å². The highest BCUT2D eigenvalue weighted by atomic mass is 32.1. The molecular formula is C10H17N3O2S. The quantitative estimate of drug-likeness (QED) is 0.846. The maximum Gasteiger partial charge on any atom is 0.408 e. The lowest BCUT2D eigenvalue weighted by molar-refractivity contribution is 0.0504. The van der Waals surface area contributed by atoms with Crippen LogP contribution >= 0.6 is 11.3 Å². The molecule has 0 saturated carbocycles. The fourth-order valence-electron chi connectivity index (χ4n) is 1.10. The molecule has 0 aliphatic carbocycles. The number of rotatable bonds is 3. The van der Waals surface area contributed by atoms with Gasteiger partial charge in [-0.25, -0.2) is 9.78 Å². The van der Waals surface area contributed by atoms with Crippen molar-refractivity contribution < 1.29 is 9.53 Å². The molecule has 0 bridgehead atoms. The van der Waals surface area contributed by atoms with E-state index in [4.69, 9.17) is 10.5 Å².